The van der Waals surface area contributed by atoms with Crippen LogP contribution in [0.3, 0.4) is 0 Å². The molecule has 0 spiro atoms. The van der Waals surface area contributed by atoms with Crippen molar-refractivity contribution < 1.29 is 28.2 Å². The number of aliphatic hydroxyl groups excluding tert-OH is 1. The minimum Gasteiger partial charge on any atom is -0.479 e. The molecular weight excluding hydrogens is 263 g/mol. The number of benzene rings is 1. The van der Waals surface area contributed by atoms with Gasteiger partial charge < -0.3 is 15.9 Å². The lowest BCUT2D eigenvalue weighted by Crippen LogP contribution is -2.19. The Morgan fingerprint density at radius 2 is 1.94 bits per heavy atom. The van der Waals surface area contributed by atoms with E-state index in [1.165, 1.54) is 0 Å². The summed E-state index contributed by atoms with van der Waals surface area (Å²) in [5.41, 5.74) is 2.13. The molecule has 0 fully saturated rings. The number of nitrogen functional groups attached to an aromatic ring is 1. The highest BCUT2D eigenvalue weighted by Gasteiger charge is 2.39. The fourth-order valence-corrected chi connectivity index (χ4v) is 1.56. The normalized spacial score (nSPS) is 13.5. The molecule has 0 saturated heterocycles. The highest BCUT2D eigenvalue weighted by molar-refractivity contribution is 6.31. The van der Waals surface area contributed by atoms with Crippen LogP contribution in [0.25, 0.3) is 0 Å². The molecule has 1 atom stereocenters. The Balaban J connectivity index is 3.52. The number of halogens is 4. The van der Waals surface area contributed by atoms with Gasteiger partial charge in [-0.15, -0.1) is 0 Å². The topological polar surface area (TPSA) is 83.5 Å². The molecule has 0 radical (unpaired) electrons. The van der Waals surface area contributed by atoms with Crippen LogP contribution in [0.1, 0.15) is 17.2 Å². The SMILES string of the molecule is Nc1cc(Cl)cc(C(O)C(=O)O)c1C(F)(F)F. The number of hydrogen-bond donors (Lipinski definition) is 3. The minimum atomic E-state index is -4.87. The number of rotatable bonds is 2. The monoisotopic (exact) mass is 269 g/mol. The van der Waals surface area contributed by atoms with Crippen LogP contribution in [0.2, 0.25) is 5.02 Å². The van der Waals surface area contributed by atoms with Gasteiger partial charge in [-0.3, -0.25) is 0 Å². The first kappa shape index (κ1) is 13.6. The van der Waals surface area contributed by atoms with Gasteiger partial charge in [-0.05, 0) is 12.1 Å². The number of anilines is 1. The van der Waals surface area contributed by atoms with Crippen LogP contribution in [0.15, 0.2) is 12.1 Å². The molecule has 0 aliphatic rings. The Morgan fingerprint density at radius 1 is 1.41 bits per heavy atom. The lowest BCUT2D eigenvalue weighted by molar-refractivity contribution is -0.149. The molecule has 0 aromatic heterocycles. The van der Waals surface area contributed by atoms with E-state index in [4.69, 9.17) is 22.4 Å². The van der Waals surface area contributed by atoms with Crippen LogP contribution in [0, 0.1) is 0 Å². The van der Waals surface area contributed by atoms with Gasteiger partial charge in [-0.25, -0.2) is 4.79 Å². The Hall–Kier alpha value is -1.47. The summed E-state index contributed by atoms with van der Waals surface area (Å²) in [4.78, 5) is 10.5. The van der Waals surface area contributed by atoms with Gasteiger partial charge in [-0.1, -0.05) is 11.6 Å². The number of hydrogen-bond acceptors (Lipinski definition) is 3. The summed E-state index contributed by atoms with van der Waals surface area (Å²) >= 11 is 5.47. The third kappa shape index (κ3) is 2.80. The molecule has 0 bridgehead atoms. The molecule has 1 aromatic carbocycles. The molecule has 17 heavy (non-hydrogen) atoms. The fourth-order valence-electron chi connectivity index (χ4n) is 1.33. The predicted molar refractivity (Wildman–Crippen MR) is 53.5 cm³/mol. The van der Waals surface area contributed by atoms with Crippen molar-refractivity contribution >= 4 is 23.3 Å². The quantitative estimate of drug-likeness (QED) is 0.718. The van der Waals surface area contributed by atoms with Crippen molar-refractivity contribution in [2.45, 2.75) is 12.3 Å². The van der Waals surface area contributed by atoms with E-state index in [9.17, 15) is 23.1 Å². The summed E-state index contributed by atoms with van der Waals surface area (Å²) in [6.45, 7) is 0. The first-order chi connectivity index (χ1) is 7.64. The number of carbonyl (C=O) groups is 1. The Bertz CT molecular complexity index is 462. The minimum absolute atomic E-state index is 0.189. The van der Waals surface area contributed by atoms with E-state index in [1.807, 2.05) is 0 Å². The number of carboxylic acids is 1. The lowest BCUT2D eigenvalue weighted by atomic mass is 10.00. The second-order valence-electron chi connectivity index (χ2n) is 3.20. The standard InChI is InChI=1S/C9H7ClF3NO3/c10-3-1-4(7(15)8(16)17)6(5(14)2-3)9(11,12)13/h1-2,7,15H,14H2,(H,16,17). The predicted octanol–water partition coefficient (Wildman–Crippen LogP) is 2.06. The van der Waals surface area contributed by atoms with Crippen LogP contribution >= 0.6 is 11.6 Å². The van der Waals surface area contributed by atoms with Gasteiger partial charge in [0, 0.05) is 16.3 Å². The van der Waals surface area contributed by atoms with Gasteiger partial charge in [-0.2, -0.15) is 13.2 Å². The lowest BCUT2D eigenvalue weighted by Gasteiger charge is -2.17. The van der Waals surface area contributed by atoms with E-state index >= 15 is 0 Å². The summed E-state index contributed by atoms with van der Waals surface area (Å²) in [5.74, 6) is -1.82. The molecule has 8 heteroatoms. The zero-order chi connectivity index (χ0) is 13.4. The van der Waals surface area contributed by atoms with E-state index in [1.54, 1.807) is 0 Å². The van der Waals surface area contributed by atoms with E-state index in [0.717, 1.165) is 12.1 Å². The Morgan fingerprint density at radius 3 is 2.35 bits per heavy atom. The molecule has 0 saturated carbocycles. The summed E-state index contributed by atoms with van der Waals surface area (Å²) in [6, 6.07) is 1.56. The van der Waals surface area contributed by atoms with Crippen LogP contribution in [-0.2, 0) is 11.0 Å². The summed E-state index contributed by atoms with van der Waals surface area (Å²) in [6.07, 6.45) is -7.21. The molecule has 1 unspecified atom stereocenters. The van der Waals surface area contributed by atoms with Crippen molar-refractivity contribution in [3.05, 3.63) is 28.3 Å². The zero-order valence-electron chi connectivity index (χ0n) is 8.12. The van der Waals surface area contributed by atoms with Crippen molar-refractivity contribution in [3.8, 4) is 0 Å². The average Bonchev–Trinajstić information content (AvgIpc) is 2.12. The number of nitrogens with two attached hydrogens (primary N) is 1. The average molecular weight is 270 g/mol. The Labute approximate surface area is 98.4 Å². The van der Waals surface area contributed by atoms with Crippen LogP contribution in [0.4, 0.5) is 18.9 Å². The van der Waals surface area contributed by atoms with Crippen LogP contribution in [0.5, 0.6) is 0 Å². The van der Waals surface area contributed by atoms with E-state index < -0.39 is 35.1 Å². The van der Waals surface area contributed by atoms with Crippen LogP contribution < -0.4 is 5.73 Å². The summed E-state index contributed by atoms with van der Waals surface area (Å²) < 4.78 is 37.9. The maximum Gasteiger partial charge on any atom is 0.418 e. The number of aliphatic carboxylic acids is 1. The first-order valence-electron chi connectivity index (χ1n) is 4.21. The molecule has 0 amide bonds. The van der Waals surface area contributed by atoms with Gasteiger partial charge in [0.05, 0.1) is 5.56 Å². The number of carboxylic acid groups (broad SMARTS) is 1. The molecule has 0 heterocycles. The highest BCUT2D eigenvalue weighted by Crippen LogP contribution is 2.40. The second kappa shape index (κ2) is 4.42. The molecule has 4 N–H and O–H groups in total. The molecular formula is C9H7ClF3NO3. The maximum absolute atomic E-state index is 12.6. The molecule has 1 aromatic rings. The maximum atomic E-state index is 12.6. The van der Waals surface area contributed by atoms with Crippen molar-refractivity contribution in [2.24, 2.45) is 0 Å². The van der Waals surface area contributed by atoms with Gasteiger partial charge in [0.1, 0.15) is 0 Å². The van der Waals surface area contributed by atoms with Crippen molar-refractivity contribution in [3.63, 3.8) is 0 Å². The van der Waals surface area contributed by atoms with Gasteiger partial charge >= 0.3 is 12.1 Å². The molecule has 1 rings (SSSR count). The first-order valence-corrected chi connectivity index (χ1v) is 4.59. The smallest absolute Gasteiger partial charge is 0.418 e. The van der Waals surface area contributed by atoms with Crippen molar-refractivity contribution in [1.82, 2.24) is 0 Å². The molecule has 94 valence electrons. The third-order valence-corrected chi connectivity index (χ3v) is 2.19. The summed E-state index contributed by atoms with van der Waals surface area (Å²) in [7, 11) is 0. The fraction of sp³-hybridized carbons (Fsp3) is 0.222. The van der Waals surface area contributed by atoms with Crippen molar-refractivity contribution in [2.75, 3.05) is 5.73 Å². The second-order valence-corrected chi connectivity index (χ2v) is 3.63. The van der Waals surface area contributed by atoms with E-state index in [-0.39, 0.29) is 5.02 Å². The van der Waals surface area contributed by atoms with E-state index in [2.05, 4.69) is 0 Å². The van der Waals surface area contributed by atoms with Gasteiger partial charge in [0.25, 0.3) is 0 Å². The molecule has 4 nitrogen and oxygen atoms in total. The largest absolute Gasteiger partial charge is 0.479 e. The van der Waals surface area contributed by atoms with E-state index in [0.29, 0.717) is 0 Å². The number of aliphatic hydroxyl groups is 1. The van der Waals surface area contributed by atoms with Crippen LogP contribution in [-0.4, -0.2) is 16.2 Å². The zero-order valence-corrected chi connectivity index (χ0v) is 8.88. The third-order valence-electron chi connectivity index (χ3n) is 1.98. The highest BCUT2D eigenvalue weighted by atomic mass is 35.5. The molecule has 0 aliphatic heterocycles. The molecule has 0 aliphatic carbocycles. The number of alkyl halides is 3. The van der Waals surface area contributed by atoms with Crippen molar-refractivity contribution in [1.29, 1.82) is 0 Å². The Kier molecular flexibility index (Phi) is 3.53. The summed E-state index contributed by atoms with van der Waals surface area (Å²) in [5, 5.41) is 17.5. The van der Waals surface area contributed by atoms with Gasteiger partial charge in [0.15, 0.2) is 6.10 Å². The van der Waals surface area contributed by atoms with Gasteiger partial charge in [0.2, 0.25) is 0 Å².